The summed E-state index contributed by atoms with van der Waals surface area (Å²) in [5, 5.41) is 8.08. The quantitative estimate of drug-likeness (QED) is 0.646. The van der Waals surface area contributed by atoms with Gasteiger partial charge in [0.15, 0.2) is 0 Å². The van der Waals surface area contributed by atoms with Gasteiger partial charge in [0.2, 0.25) is 5.91 Å². The molecule has 4 rings (SSSR count). The molecule has 1 saturated heterocycles. The Bertz CT molecular complexity index is 825. The highest BCUT2D eigenvalue weighted by molar-refractivity contribution is 5.78. The third-order valence-corrected chi connectivity index (χ3v) is 6.31. The lowest BCUT2D eigenvalue weighted by Crippen LogP contribution is -2.40. The van der Waals surface area contributed by atoms with Crippen molar-refractivity contribution in [1.82, 2.24) is 20.0 Å². The maximum atomic E-state index is 12.4. The fraction of sp³-hybridized carbons (Fsp3) is 0.583. The van der Waals surface area contributed by atoms with E-state index in [0.717, 1.165) is 70.6 Å². The van der Waals surface area contributed by atoms with E-state index in [1.807, 2.05) is 13.0 Å². The number of carbonyl (C=O) groups is 1. The third kappa shape index (κ3) is 4.93. The number of rotatable bonds is 9. The largest absolute Gasteiger partial charge is 0.382 e. The van der Waals surface area contributed by atoms with Crippen LogP contribution in [-0.2, 0) is 28.9 Å². The van der Waals surface area contributed by atoms with Crippen molar-refractivity contribution in [3.05, 3.63) is 47.3 Å². The molecule has 1 amide bonds. The van der Waals surface area contributed by atoms with E-state index in [4.69, 9.17) is 9.84 Å². The fourth-order valence-corrected chi connectivity index (χ4v) is 4.66. The van der Waals surface area contributed by atoms with E-state index in [1.165, 1.54) is 23.4 Å². The molecule has 30 heavy (non-hydrogen) atoms. The summed E-state index contributed by atoms with van der Waals surface area (Å²) in [6.45, 7) is 6.97. The Morgan fingerprint density at radius 1 is 1.20 bits per heavy atom. The van der Waals surface area contributed by atoms with Crippen LogP contribution in [0.15, 0.2) is 30.3 Å². The van der Waals surface area contributed by atoms with Gasteiger partial charge in [-0.2, -0.15) is 5.10 Å². The molecule has 2 aliphatic rings. The summed E-state index contributed by atoms with van der Waals surface area (Å²) in [7, 11) is 0. The third-order valence-electron chi connectivity index (χ3n) is 6.31. The number of aromatic nitrogens is 2. The maximum Gasteiger partial charge on any atom is 0.223 e. The normalized spacial score (nSPS) is 17.2. The minimum atomic E-state index is 0.140. The zero-order valence-corrected chi connectivity index (χ0v) is 18.1. The Labute approximate surface area is 179 Å². The SMILES string of the molecule is CCOCCCNC(=O)C1CCN(Cc2nn(-c3ccccc3)c3c2CCC3)CC1. The number of fused-ring (bicyclic) bond motifs is 1. The Balaban J connectivity index is 1.30. The summed E-state index contributed by atoms with van der Waals surface area (Å²) in [5.74, 6) is 0.348. The van der Waals surface area contributed by atoms with Crippen molar-refractivity contribution in [3.8, 4) is 5.69 Å². The first-order valence-corrected chi connectivity index (χ1v) is 11.5. The lowest BCUT2D eigenvalue weighted by atomic mass is 9.95. The summed E-state index contributed by atoms with van der Waals surface area (Å²) >= 11 is 0. The lowest BCUT2D eigenvalue weighted by molar-refractivity contribution is -0.126. The highest BCUT2D eigenvalue weighted by Gasteiger charge is 2.28. The number of carbonyl (C=O) groups excluding carboxylic acids is 1. The molecule has 0 bridgehead atoms. The number of ether oxygens (including phenoxy) is 1. The van der Waals surface area contributed by atoms with Gasteiger partial charge in [-0.15, -0.1) is 0 Å². The lowest BCUT2D eigenvalue weighted by Gasteiger charge is -2.31. The van der Waals surface area contributed by atoms with E-state index in [9.17, 15) is 4.79 Å². The van der Waals surface area contributed by atoms with Gasteiger partial charge in [-0.05, 0) is 76.2 Å². The van der Waals surface area contributed by atoms with E-state index in [0.29, 0.717) is 6.54 Å². The number of nitrogens with one attached hydrogen (secondary N) is 1. The molecule has 2 heterocycles. The van der Waals surface area contributed by atoms with Gasteiger partial charge in [0.25, 0.3) is 0 Å². The van der Waals surface area contributed by atoms with E-state index < -0.39 is 0 Å². The molecule has 162 valence electrons. The monoisotopic (exact) mass is 410 g/mol. The van der Waals surface area contributed by atoms with E-state index in [2.05, 4.69) is 39.2 Å². The van der Waals surface area contributed by atoms with E-state index in [1.54, 1.807) is 0 Å². The van der Waals surface area contributed by atoms with Gasteiger partial charge >= 0.3 is 0 Å². The van der Waals surface area contributed by atoms with Crippen LogP contribution in [0.25, 0.3) is 5.69 Å². The first-order valence-electron chi connectivity index (χ1n) is 11.5. The van der Waals surface area contributed by atoms with Crippen LogP contribution < -0.4 is 5.32 Å². The summed E-state index contributed by atoms with van der Waals surface area (Å²) in [5.41, 5.74) is 5.22. The molecule has 0 spiro atoms. The van der Waals surface area contributed by atoms with E-state index >= 15 is 0 Å². The Kier molecular flexibility index (Phi) is 7.18. The van der Waals surface area contributed by atoms with Gasteiger partial charge < -0.3 is 10.1 Å². The van der Waals surface area contributed by atoms with Crippen molar-refractivity contribution in [2.75, 3.05) is 32.8 Å². The average Bonchev–Trinajstić information content (AvgIpc) is 3.38. The summed E-state index contributed by atoms with van der Waals surface area (Å²) in [4.78, 5) is 14.9. The van der Waals surface area contributed by atoms with Crippen molar-refractivity contribution in [3.63, 3.8) is 0 Å². The Morgan fingerprint density at radius 3 is 2.77 bits per heavy atom. The number of benzene rings is 1. The molecule has 0 radical (unpaired) electrons. The number of hydrogen-bond acceptors (Lipinski definition) is 4. The topological polar surface area (TPSA) is 59.4 Å². The molecule has 0 saturated carbocycles. The first kappa shape index (κ1) is 21.1. The van der Waals surface area contributed by atoms with Crippen LogP contribution in [0.1, 0.15) is 49.6 Å². The Hall–Kier alpha value is -2.18. The minimum Gasteiger partial charge on any atom is -0.382 e. The van der Waals surface area contributed by atoms with Crippen molar-refractivity contribution >= 4 is 5.91 Å². The van der Waals surface area contributed by atoms with Gasteiger partial charge in [0, 0.05) is 37.9 Å². The molecule has 0 atom stereocenters. The predicted molar refractivity (Wildman–Crippen MR) is 118 cm³/mol. The molecule has 1 aliphatic carbocycles. The van der Waals surface area contributed by atoms with Crippen molar-refractivity contribution < 1.29 is 9.53 Å². The number of nitrogens with zero attached hydrogens (tertiary/aromatic N) is 3. The molecule has 1 aromatic carbocycles. The van der Waals surface area contributed by atoms with Gasteiger partial charge in [0.1, 0.15) is 0 Å². The second-order valence-electron chi connectivity index (χ2n) is 8.36. The fourth-order valence-electron chi connectivity index (χ4n) is 4.66. The number of para-hydroxylation sites is 1. The summed E-state index contributed by atoms with van der Waals surface area (Å²) < 4.78 is 7.48. The van der Waals surface area contributed by atoms with Gasteiger partial charge in [-0.3, -0.25) is 9.69 Å². The minimum absolute atomic E-state index is 0.140. The van der Waals surface area contributed by atoms with Crippen LogP contribution >= 0.6 is 0 Å². The van der Waals surface area contributed by atoms with Crippen LogP contribution in [-0.4, -0.2) is 53.4 Å². The van der Waals surface area contributed by atoms with Crippen LogP contribution in [0.3, 0.4) is 0 Å². The number of likely N-dealkylation sites (tertiary alicyclic amines) is 1. The highest BCUT2D eigenvalue weighted by atomic mass is 16.5. The highest BCUT2D eigenvalue weighted by Crippen LogP contribution is 2.29. The molecule has 1 fully saturated rings. The molecule has 6 heteroatoms. The molecular formula is C24H34N4O2. The maximum absolute atomic E-state index is 12.4. The van der Waals surface area contributed by atoms with E-state index in [-0.39, 0.29) is 11.8 Å². The second-order valence-corrected chi connectivity index (χ2v) is 8.36. The number of hydrogen-bond donors (Lipinski definition) is 1. The second kappa shape index (κ2) is 10.2. The van der Waals surface area contributed by atoms with Gasteiger partial charge in [-0.1, -0.05) is 18.2 Å². The van der Waals surface area contributed by atoms with Crippen molar-refractivity contribution in [1.29, 1.82) is 0 Å². The van der Waals surface area contributed by atoms with Crippen LogP contribution in [0.5, 0.6) is 0 Å². The molecule has 1 aliphatic heterocycles. The molecule has 2 aromatic rings. The molecule has 6 nitrogen and oxygen atoms in total. The standard InChI is InChI=1S/C24H34N4O2/c1-2-30-17-7-14-25-24(29)19-12-15-27(16-13-19)18-22-21-10-6-11-23(21)28(26-22)20-8-4-3-5-9-20/h3-5,8-9,19H,2,6-7,10-18H2,1H3,(H,25,29). The zero-order valence-electron chi connectivity index (χ0n) is 18.1. The van der Waals surface area contributed by atoms with Crippen LogP contribution in [0, 0.1) is 5.92 Å². The number of amides is 1. The van der Waals surface area contributed by atoms with Crippen molar-refractivity contribution in [2.45, 2.75) is 52.0 Å². The van der Waals surface area contributed by atoms with Crippen LogP contribution in [0.4, 0.5) is 0 Å². The number of piperidine rings is 1. The Morgan fingerprint density at radius 2 is 2.00 bits per heavy atom. The molecule has 1 aromatic heterocycles. The van der Waals surface area contributed by atoms with Gasteiger partial charge in [0.05, 0.1) is 11.4 Å². The summed E-state index contributed by atoms with van der Waals surface area (Å²) in [6, 6.07) is 10.5. The summed E-state index contributed by atoms with van der Waals surface area (Å²) in [6.07, 6.45) is 6.21. The van der Waals surface area contributed by atoms with Gasteiger partial charge in [-0.25, -0.2) is 4.68 Å². The van der Waals surface area contributed by atoms with Crippen LogP contribution in [0.2, 0.25) is 0 Å². The average molecular weight is 411 g/mol. The molecule has 0 unspecified atom stereocenters. The molecule has 1 N–H and O–H groups in total. The van der Waals surface area contributed by atoms with Crippen molar-refractivity contribution in [2.24, 2.45) is 5.92 Å². The molecular weight excluding hydrogens is 376 g/mol. The smallest absolute Gasteiger partial charge is 0.223 e. The first-order chi connectivity index (χ1) is 14.8. The zero-order chi connectivity index (χ0) is 20.8. The predicted octanol–water partition coefficient (Wildman–Crippen LogP) is 3.12.